The minimum Gasteiger partial charge on any atom is -0.355 e. The predicted octanol–water partition coefficient (Wildman–Crippen LogP) is 2.14. The van der Waals surface area contributed by atoms with E-state index in [0.29, 0.717) is 19.0 Å². The summed E-state index contributed by atoms with van der Waals surface area (Å²) in [4.78, 5) is 14.2. The summed E-state index contributed by atoms with van der Waals surface area (Å²) in [5.41, 5.74) is 0.733. The van der Waals surface area contributed by atoms with E-state index in [4.69, 9.17) is 9.47 Å². The maximum absolute atomic E-state index is 12.9. The van der Waals surface area contributed by atoms with Crippen LogP contribution < -0.4 is 10.2 Å². The third-order valence-electron chi connectivity index (χ3n) is 4.86. The van der Waals surface area contributed by atoms with Crippen LogP contribution in [0.25, 0.3) is 0 Å². The molecule has 1 amide bonds. The van der Waals surface area contributed by atoms with Gasteiger partial charge >= 0.3 is 0 Å². The molecule has 142 valence electrons. The van der Waals surface area contributed by atoms with Gasteiger partial charge in [-0.05, 0) is 29.8 Å². The third-order valence-corrected chi connectivity index (χ3v) is 4.86. The second-order valence-corrected chi connectivity index (χ2v) is 6.72. The average Bonchev–Trinajstić information content (AvgIpc) is 3.13. The van der Waals surface area contributed by atoms with Gasteiger partial charge in [-0.3, -0.25) is 4.79 Å². The Labute approximate surface area is 156 Å². The molecule has 0 unspecified atom stereocenters. The molecule has 27 heavy (non-hydrogen) atoms. The smallest absolute Gasteiger partial charge is 0.229 e. The molecule has 2 aliphatic rings. The minimum absolute atomic E-state index is 0.151. The van der Waals surface area contributed by atoms with E-state index in [1.54, 1.807) is 18.2 Å². The van der Waals surface area contributed by atoms with Gasteiger partial charge < -0.3 is 19.7 Å². The topological polar surface area (TPSA) is 76.6 Å². The van der Waals surface area contributed by atoms with Gasteiger partial charge in [-0.2, -0.15) is 0 Å². The summed E-state index contributed by atoms with van der Waals surface area (Å²) in [5, 5.41) is 11.0. The highest BCUT2D eigenvalue weighted by Gasteiger charge is 2.40. The van der Waals surface area contributed by atoms with Crippen LogP contribution in [0.3, 0.4) is 0 Å². The highest BCUT2D eigenvalue weighted by Crippen LogP contribution is 2.32. The standard InChI is InChI=1S/C19H21FN4O3/c20-15-3-1-14(2-4-15)13-18(25)21-16-5-6-17(23-22-16)24-9-7-19(8-10-24)26-11-12-27-19/h1-6H,7-13H2,(H,21,22,25). The van der Waals surface area contributed by atoms with Crippen molar-refractivity contribution in [3.63, 3.8) is 0 Å². The van der Waals surface area contributed by atoms with Crippen LogP contribution in [0.1, 0.15) is 18.4 Å². The van der Waals surface area contributed by atoms with E-state index in [9.17, 15) is 9.18 Å². The predicted molar refractivity (Wildman–Crippen MR) is 96.8 cm³/mol. The quantitative estimate of drug-likeness (QED) is 0.886. The summed E-state index contributed by atoms with van der Waals surface area (Å²) in [6.45, 7) is 2.88. The molecule has 0 bridgehead atoms. The third kappa shape index (κ3) is 4.23. The summed E-state index contributed by atoms with van der Waals surface area (Å²) in [5.74, 6) is 0.189. The summed E-state index contributed by atoms with van der Waals surface area (Å²) >= 11 is 0. The fourth-order valence-corrected chi connectivity index (χ4v) is 3.40. The molecule has 0 radical (unpaired) electrons. The maximum Gasteiger partial charge on any atom is 0.229 e. The SMILES string of the molecule is O=C(Cc1ccc(F)cc1)Nc1ccc(N2CCC3(CC2)OCCO3)nn1. The lowest BCUT2D eigenvalue weighted by molar-refractivity contribution is -0.169. The molecule has 7 nitrogen and oxygen atoms in total. The summed E-state index contributed by atoms with van der Waals surface area (Å²) in [6.07, 6.45) is 1.74. The Morgan fingerprint density at radius 3 is 2.41 bits per heavy atom. The van der Waals surface area contributed by atoms with Crippen molar-refractivity contribution in [3.8, 4) is 0 Å². The zero-order valence-corrected chi connectivity index (χ0v) is 14.9. The number of halogens is 1. The average molecular weight is 372 g/mol. The first-order valence-corrected chi connectivity index (χ1v) is 9.03. The van der Waals surface area contributed by atoms with Crippen molar-refractivity contribution in [2.24, 2.45) is 0 Å². The van der Waals surface area contributed by atoms with E-state index in [0.717, 1.165) is 37.3 Å². The van der Waals surface area contributed by atoms with Gasteiger partial charge in [0.1, 0.15) is 5.82 Å². The Bertz CT molecular complexity index is 782. The first kappa shape index (κ1) is 17.8. The van der Waals surface area contributed by atoms with Gasteiger partial charge in [0.15, 0.2) is 17.4 Å². The van der Waals surface area contributed by atoms with Gasteiger partial charge in [0.05, 0.1) is 19.6 Å². The van der Waals surface area contributed by atoms with E-state index in [2.05, 4.69) is 20.4 Å². The van der Waals surface area contributed by atoms with Crippen LogP contribution >= 0.6 is 0 Å². The van der Waals surface area contributed by atoms with Crippen LogP contribution in [0.15, 0.2) is 36.4 Å². The van der Waals surface area contributed by atoms with Crippen molar-refractivity contribution in [2.75, 3.05) is 36.5 Å². The highest BCUT2D eigenvalue weighted by atomic mass is 19.1. The number of carbonyl (C=O) groups excluding carboxylic acids is 1. The number of hydrogen-bond acceptors (Lipinski definition) is 6. The van der Waals surface area contributed by atoms with Gasteiger partial charge in [0.25, 0.3) is 0 Å². The Balaban J connectivity index is 1.31. The Morgan fingerprint density at radius 2 is 1.78 bits per heavy atom. The zero-order chi connectivity index (χ0) is 18.7. The number of amides is 1. The molecule has 2 fully saturated rings. The van der Waals surface area contributed by atoms with Gasteiger partial charge in [0.2, 0.25) is 5.91 Å². The van der Waals surface area contributed by atoms with Crippen LogP contribution in [0.5, 0.6) is 0 Å². The van der Waals surface area contributed by atoms with Crippen molar-refractivity contribution in [2.45, 2.75) is 25.0 Å². The molecule has 3 heterocycles. The summed E-state index contributed by atoms with van der Waals surface area (Å²) < 4.78 is 24.4. The van der Waals surface area contributed by atoms with Crippen LogP contribution in [-0.4, -0.2) is 48.2 Å². The molecule has 1 spiro atoms. The van der Waals surface area contributed by atoms with E-state index in [-0.39, 0.29) is 18.1 Å². The molecular formula is C19H21FN4O3. The van der Waals surface area contributed by atoms with Crippen molar-refractivity contribution in [1.82, 2.24) is 10.2 Å². The number of rotatable bonds is 4. The van der Waals surface area contributed by atoms with Crippen molar-refractivity contribution in [3.05, 3.63) is 47.8 Å². The number of benzene rings is 1. The number of hydrogen-bond donors (Lipinski definition) is 1. The number of nitrogens with one attached hydrogen (secondary N) is 1. The Kier molecular flexibility index (Phi) is 5.00. The first-order valence-electron chi connectivity index (χ1n) is 9.03. The second kappa shape index (κ2) is 7.58. The number of nitrogens with zero attached hydrogens (tertiary/aromatic N) is 3. The van der Waals surface area contributed by atoms with Gasteiger partial charge in [-0.15, -0.1) is 10.2 Å². The van der Waals surface area contributed by atoms with Gasteiger partial charge in [0, 0.05) is 25.9 Å². The normalized spacial score (nSPS) is 18.6. The zero-order valence-electron chi connectivity index (χ0n) is 14.9. The van der Waals surface area contributed by atoms with Crippen LogP contribution in [0.2, 0.25) is 0 Å². The number of piperidine rings is 1. The van der Waals surface area contributed by atoms with Crippen molar-refractivity contribution >= 4 is 17.5 Å². The molecule has 0 atom stereocenters. The molecule has 2 aliphatic heterocycles. The van der Waals surface area contributed by atoms with Crippen LogP contribution in [0, 0.1) is 5.82 Å². The number of anilines is 2. The lowest BCUT2D eigenvalue weighted by atomic mass is 10.0. The maximum atomic E-state index is 12.9. The van der Waals surface area contributed by atoms with Crippen molar-refractivity contribution in [1.29, 1.82) is 0 Å². The van der Waals surface area contributed by atoms with Crippen LogP contribution in [-0.2, 0) is 20.7 Å². The molecule has 0 aliphatic carbocycles. The van der Waals surface area contributed by atoms with E-state index in [1.165, 1.54) is 12.1 Å². The van der Waals surface area contributed by atoms with E-state index < -0.39 is 5.79 Å². The Morgan fingerprint density at radius 1 is 1.07 bits per heavy atom. The molecule has 1 aromatic heterocycles. The van der Waals surface area contributed by atoms with Gasteiger partial charge in [-0.1, -0.05) is 12.1 Å². The number of aromatic nitrogens is 2. The molecular weight excluding hydrogens is 351 g/mol. The summed E-state index contributed by atoms with van der Waals surface area (Å²) in [7, 11) is 0. The van der Waals surface area contributed by atoms with E-state index in [1.807, 2.05) is 6.07 Å². The molecule has 2 saturated heterocycles. The Hall–Kier alpha value is -2.58. The molecule has 2 aromatic rings. The lowest BCUT2D eigenvalue weighted by Crippen LogP contribution is -2.45. The minimum atomic E-state index is -0.418. The molecule has 4 rings (SSSR count). The lowest BCUT2D eigenvalue weighted by Gasteiger charge is -2.37. The molecule has 1 aromatic carbocycles. The fraction of sp³-hybridized carbons (Fsp3) is 0.421. The largest absolute Gasteiger partial charge is 0.355 e. The fourth-order valence-electron chi connectivity index (χ4n) is 3.40. The number of ether oxygens (including phenoxy) is 2. The number of carbonyl (C=O) groups is 1. The van der Waals surface area contributed by atoms with Gasteiger partial charge in [-0.25, -0.2) is 4.39 Å². The highest BCUT2D eigenvalue weighted by molar-refractivity contribution is 5.91. The molecule has 0 saturated carbocycles. The van der Waals surface area contributed by atoms with Crippen molar-refractivity contribution < 1.29 is 18.7 Å². The summed E-state index contributed by atoms with van der Waals surface area (Å²) in [6, 6.07) is 9.42. The van der Waals surface area contributed by atoms with Crippen LogP contribution in [0.4, 0.5) is 16.0 Å². The molecule has 8 heteroatoms. The monoisotopic (exact) mass is 372 g/mol. The first-order chi connectivity index (χ1) is 13.1. The van der Waals surface area contributed by atoms with E-state index >= 15 is 0 Å². The molecule has 1 N–H and O–H groups in total. The second-order valence-electron chi connectivity index (χ2n) is 6.72.